The van der Waals surface area contributed by atoms with Crippen LogP contribution < -0.4 is 5.32 Å². The van der Waals surface area contributed by atoms with Gasteiger partial charge in [-0.05, 0) is 6.92 Å². The van der Waals surface area contributed by atoms with Gasteiger partial charge in [-0.15, -0.1) is 0 Å². The molecule has 0 saturated carbocycles. The molecule has 2 N–H and O–H groups in total. The van der Waals surface area contributed by atoms with Crippen molar-refractivity contribution >= 4 is 11.9 Å². The number of carbonyl (C=O) groups excluding carboxylic acids is 1. The van der Waals surface area contributed by atoms with Crippen molar-refractivity contribution < 1.29 is 23.9 Å². The maximum Gasteiger partial charge on any atom is 0.335 e. The van der Waals surface area contributed by atoms with Crippen molar-refractivity contribution in [2.45, 2.75) is 19.8 Å². The van der Waals surface area contributed by atoms with Gasteiger partial charge in [-0.1, -0.05) is 0 Å². The third-order valence-corrected chi connectivity index (χ3v) is 2.77. The number of hydrogen-bond donors (Lipinski definition) is 2. The number of aliphatic carboxylic acids is 1. The van der Waals surface area contributed by atoms with Gasteiger partial charge in [0.2, 0.25) is 0 Å². The van der Waals surface area contributed by atoms with Gasteiger partial charge in [0.05, 0.1) is 27.1 Å². The zero-order chi connectivity index (χ0) is 14.9. The fraction of sp³-hybridized carbons (Fsp3) is 0.692. The monoisotopic (exact) mass is 273 g/mol. The van der Waals surface area contributed by atoms with Gasteiger partial charge in [-0.3, -0.25) is 4.79 Å². The largest absolute Gasteiger partial charge is 0.481 e. The average Bonchev–Trinajstić information content (AvgIpc) is 2.27. The minimum Gasteiger partial charge on any atom is -0.481 e. The SMILES string of the molecule is CNC=C(C)C(=O)OCC[N+](C)(C)CCCC(=O)O. The molecule has 6 heteroatoms. The van der Waals surface area contributed by atoms with Crippen LogP contribution in [-0.4, -0.2) is 62.4 Å². The zero-order valence-corrected chi connectivity index (χ0v) is 12.2. The van der Waals surface area contributed by atoms with Crippen LogP contribution in [0.3, 0.4) is 0 Å². The number of carboxylic acids is 1. The van der Waals surface area contributed by atoms with Crippen molar-refractivity contribution in [3.8, 4) is 0 Å². The number of likely N-dealkylation sites (N-methyl/N-ethyl adjacent to an activating group) is 1. The summed E-state index contributed by atoms with van der Waals surface area (Å²) in [5.74, 6) is -1.11. The second-order valence-electron chi connectivity index (χ2n) is 5.13. The molecule has 0 aromatic rings. The summed E-state index contributed by atoms with van der Waals surface area (Å²) in [6.45, 7) is 3.42. The Bertz CT molecular complexity index is 338. The van der Waals surface area contributed by atoms with Crippen molar-refractivity contribution in [1.82, 2.24) is 5.32 Å². The van der Waals surface area contributed by atoms with Gasteiger partial charge in [-0.2, -0.15) is 0 Å². The minimum atomic E-state index is -0.778. The Morgan fingerprint density at radius 3 is 2.47 bits per heavy atom. The van der Waals surface area contributed by atoms with Crippen LogP contribution in [-0.2, 0) is 14.3 Å². The van der Waals surface area contributed by atoms with E-state index in [1.54, 1.807) is 20.2 Å². The molecular formula is C13H25N2O4+. The number of nitrogens with zero attached hydrogens (tertiary/aromatic N) is 1. The van der Waals surface area contributed by atoms with Gasteiger partial charge in [-0.25, -0.2) is 4.79 Å². The third kappa shape index (κ3) is 9.07. The molecule has 110 valence electrons. The summed E-state index contributed by atoms with van der Waals surface area (Å²) in [4.78, 5) is 21.9. The predicted octanol–water partition coefficient (Wildman–Crippen LogP) is 0.594. The Labute approximate surface area is 114 Å². The van der Waals surface area contributed by atoms with E-state index in [-0.39, 0.29) is 12.4 Å². The second-order valence-corrected chi connectivity index (χ2v) is 5.13. The first-order valence-electron chi connectivity index (χ1n) is 6.33. The van der Waals surface area contributed by atoms with E-state index >= 15 is 0 Å². The third-order valence-electron chi connectivity index (χ3n) is 2.77. The van der Waals surface area contributed by atoms with Crippen LogP contribution in [0.5, 0.6) is 0 Å². The first-order valence-corrected chi connectivity index (χ1v) is 6.33. The second kappa shape index (κ2) is 8.53. The molecule has 0 aromatic carbocycles. The molecule has 0 aliphatic heterocycles. The highest BCUT2D eigenvalue weighted by Gasteiger charge is 2.16. The number of carboxylic acid groups (broad SMARTS) is 1. The molecule has 0 spiro atoms. The van der Waals surface area contributed by atoms with Crippen molar-refractivity contribution in [2.75, 3.05) is 40.8 Å². The van der Waals surface area contributed by atoms with E-state index in [0.29, 0.717) is 29.6 Å². The molecular weight excluding hydrogens is 248 g/mol. The minimum absolute atomic E-state index is 0.172. The van der Waals surface area contributed by atoms with Gasteiger partial charge in [0.25, 0.3) is 0 Å². The molecule has 0 aliphatic carbocycles. The average molecular weight is 273 g/mol. The Morgan fingerprint density at radius 1 is 1.32 bits per heavy atom. The molecule has 0 bridgehead atoms. The van der Waals surface area contributed by atoms with E-state index in [0.717, 1.165) is 6.54 Å². The van der Waals surface area contributed by atoms with Crippen LogP contribution in [0, 0.1) is 0 Å². The Balaban J connectivity index is 3.94. The lowest BCUT2D eigenvalue weighted by atomic mass is 10.2. The lowest BCUT2D eigenvalue weighted by Gasteiger charge is -2.29. The summed E-state index contributed by atoms with van der Waals surface area (Å²) < 4.78 is 5.77. The number of carbonyl (C=O) groups is 2. The summed E-state index contributed by atoms with van der Waals surface area (Å²) >= 11 is 0. The molecule has 6 nitrogen and oxygen atoms in total. The molecule has 0 heterocycles. The highest BCUT2D eigenvalue weighted by atomic mass is 16.5. The number of nitrogens with one attached hydrogen (secondary N) is 1. The number of quaternary nitrogens is 1. The Morgan fingerprint density at radius 2 is 1.95 bits per heavy atom. The van der Waals surface area contributed by atoms with Crippen LogP contribution >= 0.6 is 0 Å². The normalized spacial score (nSPS) is 12.1. The Kier molecular flexibility index (Phi) is 7.83. The van der Waals surface area contributed by atoms with E-state index in [2.05, 4.69) is 5.32 Å². The predicted molar refractivity (Wildman–Crippen MR) is 72.5 cm³/mol. The van der Waals surface area contributed by atoms with Gasteiger partial charge >= 0.3 is 11.9 Å². The maximum atomic E-state index is 11.5. The zero-order valence-electron chi connectivity index (χ0n) is 12.2. The molecule has 0 rings (SSSR count). The highest BCUT2D eigenvalue weighted by molar-refractivity contribution is 5.87. The van der Waals surface area contributed by atoms with Crippen molar-refractivity contribution in [3.63, 3.8) is 0 Å². The molecule has 0 fully saturated rings. The van der Waals surface area contributed by atoms with Crippen LogP contribution in [0.25, 0.3) is 0 Å². The molecule has 0 atom stereocenters. The molecule has 0 aromatic heterocycles. The van der Waals surface area contributed by atoms with Crippen LogP contribution in [0.15, 0.2) is 11.8 Å². The number of esters is 1. The smallest absolute Gasteiger partial charge is 0.335 e. The van der Waals surface area contributed by atoms with Crippen LogP contribution in [0.4, 0.5) is 0 Å². The summed E-state index contributed by atoms with van der Waals surface area (Å²) in [6, 6.07) is 0. The van der Waals surface area contributed by atoms with Crippen molar-refractivity contribution in [3.05, 3.63) is 11.8 Å². The highest BCUT2D eigenvalue weighted by Crippen LogP contribution is 2.03. The molecule has 19 heavy (non-hydrogen) atoms. The van der Waals surface area contributed by atoms with E-state index in [4.69, 9.17) is 9.84 Å². The molecule has 0 saturated heterocycles. The van der Waals surface area contributed by atoms with Gasteiger partial charge in [0.1, 0.15) is 13.2 Å². The van der Waals surface area contributed by atoms with Crippen molar-refractivity contribution in [1.29, 1.82) is 0 Å². The van der Waals surface area contributed by atoms with E-state index < -0.39 is 5.97 Å². The standard InChI is InChI=1S/C13H24N2O4/c1-11(10-14-2)13(18)19-9-8-15(3,4)7-5-6-12(16)17/h10H,5-9H2,1-4H3,(H-,14,16,17,18)/p+1. The molecule has 0 radical (unpaired) electrons. The van der Waals surface area contributed by atoms with E-state index in [1.165, 1.54) is 0 Å². The lowest BCUT2D eigenvalue weighted by Crippen LogP contribution is -2.43. The first-order chi connectivity index (χ1) is 8.78. The van der Waals surface area contributed by atoms with Crippen molar-refractivity contribution in [2.24, 2.45) is 0 Å². The summed E-state index contributed by atoms with van der Waals surface area (Å²) in [7, 11) is 5.71. The van der Waals surface area contributed by atoms with E-state index in [9.17, 15) is 9.59 Å². The van der Waals surface area contributed by atoms with Gasteiger partial charge < -0.3 is 19.6 Å². The summed E-state index contributed by atoms with van der Waals surface area (Å²) in [5.41, 5.74) is 0.527. The fourth-order valence-electron chi connectivity index (χ4n) is 1.54. The number of rotatable bonds is 9. The van der Waals surface area contributed by atoms with Gasteiger partial charge in [0.15, 0.2) is 0 Å². The molecule has 0 amide bonds. The molecule has 0 aliphatic rings. The quantitative estimate of drug-likeness (QED) is 0.365. The fourth-order valence-corrected chi connectivity index (χ4v) is 1.54. The number of ether oxygens (including phenoxy) is 1. The van der Waals surface area contributed by atoms with Gasteiger partial charge in [0, 0.05) is 25.2 Å². The topological polar surface area (TPSA) is 75.6 Å². The van der Waals surface area contributed by atoms with Crippen LogP contribution in [0.2, 0.25) is 0 Å². The Hall–Kier alpha value is -1.56. The summed E-state index contributed by atoms with van der Waals surface area (Å²) in [5, 5.41) is 11.4. The summed E-state index contributed by atoms with van der Waals surface area (Å²) in [6.07, 6.45) is 2.38. The first kappa shape index (κ1) is 17.4. The number of hydrogen-bond acceptors (Lipinski definition) is 4. The lowest BCUT2D eigenvalue weighted by molar-refractivity contribution is -0.890. The van der Waals surface area contributed by atoms with Crippen LogP contribution in [0.1, 0.15) is 19.8 Å². The van der Waals surface area contributed by atoms with E-state index in [1.807, 2.05) is 14.1 Å². The molecule has 0 unspecified atom stereocenters. The maximum absolute atomic E-state index is 11.5.